The van der Waals surface area contributed by atoms with E-state index in [1.165, 1.54) is 25.7 Å². The number of allylic oxidation sites excluding steroid dienone is 8. The summed E-state index contributed by atoms with van der Waals surface area (Å²) >= 11 is 0. The van der Waals surface area contributed by atoms with Crippen LogP contribution in [0.4, 0.5) is 0 Å². The number of hydrogen-bond acceptors (Lipinski definition) is 1. The normalized spacial score (nSPS) is 13.8. The molecule has 0 aromatic carbocycles. The van der Waals surface area contributed by atoms with Gasteiger partial charge >= 0.3 is 5.97 Å². The lowest BCUT2D eigenvalue weighted by Crippen LogP contribution is -2.11. The largest absolute Gasteiger partial charge is 0.481 e. The molecule has 1 N–H and O–H groups in total. The Balaban J connectivity index is 3.56. The molecule has 136 valence electrons. The standard InChI is InChI=1S/C22H36O2/c1-3-5-6-7-8-9-10-11-12-13-14-15-16-17-18-19-20-21(4-2)22(23)24/h8-9,11-12,14-15,17-18,21H,3-7,10,13,16,19-20H2,1-2H3,(H,23,24)/b9-8-,12-11-,15-14-,18-17-. The van der Waals surface area contributed by atoms with Crippen molar-refractivity contribution in [3.8, 4) is 0 Å². The number of aliphatic carboxylic acids is 1. The number of rotatable bonds is 15. The molecule has 0 radical (unpaired) electrons. The van der Waals surface area contributed by atoms with Crippen molar-refractivity contribution in [2.24, 2.45) is 5.92 Å². The van der Waals surface area contributed by atoms with Gasteiger partial charge in [-0.05, 0) is 51.4 Å². The van der Waals surface area contributed by atoms with Crippen molar-refractivity contribution >= 4 is 5.97 Å². The molecule has 0 fully saturated rings. The highest BCUT2D eigenvalue weighted by Crippen LogP contribution is 2.11. The van der Waals surface area contributed by atoms with Crippen molar-refractivity contribution in [3.63, 3.8) is 0 Å². The van der Waals surface area contributed by atoms with Crippen molar-refractivity contribution in [2.75, 3.05) is 0 Å². The van der Waals surface area contributed by atoms with Gasteiger partial charge in [0.1, 0.15) is 0 Å². The first kappa shape index (κ1) is 22.4. The molecule has 1 unspecified atom stereocenters. The van der Waals surface area contributed by atoms with Crippen molar-refractivity contribution in [1.82, 2.24) is 0 Å². The summed E-state index contributed by atoms with van der Waals surface area (Å²) in [4.78, 5) is 10.9. The summed E-state index contributed by atoms with van der Waals surface area (Å²) in [6, 6.07) is 0. The highest BCUT2D eigenvalue weighted by atomic mass is 16.4. The Kier molecular flexibility index (Phi) is 16.6. The smallest absolute Gasteiger partial charge is 0.306 e. The van der Waals surface area contributed by atoms with Crippen LogP contribution in [0.1, 0.15) is 78.1 Å². The summed E-state index contributed by atoms with van der Waals surface area (Å²) in [6.45, 7) is 4.16. The number of hydrogen-bond donors (Lipinski definition) is 1. The van der Waals surface area contributed by atoms with Crippen LogP contribution in [0.25, 0.3) is 0 Å². The molecule has 0 rings (SSSR count). The van der Waals surface area contributed by atoms with E-state index in [0.717, 1.165) is 32.1 Å². The van der Waals surface area contributed by atoms with E-state index in [4.69, 9.17) is 5.11 Å². The lowest BCUT2D eigenvalue weighted by Gasteiger charge is -2.06. The molecule has 0 spiro atoms. The summed E-state index contributed by atoms with van der Waals surface area (Å²) in [6.07, 6.45) is 27.9. The zero-order valence-corrected chi connectivity index (χ0v) is 15.6. The Hall–Kier alpha value is -1.57. The third kappa shape index (κ3) is 15.3. The molecular formula is C22H36O2. The maximum atomic E-state index is 10.9. The molecule has 0 saturated carbocycles. The summed E-state index contributed by atoms with van der Waals surface area (Å²) in [5.41, 5.74) is 0. The zero-order chi connectivity index (χ0) is 17.9. The first-order chi connectivity index (χ1) is 11.7. The molecule has 0 aliphatic heterocycles. The summed E-state index contributed by atoms with van der Waals surface area (Å²) in [5, 5.41) is 8.95. The van der Waals surface area contributed by atoms with E-state index in [9.17, 15) is 4.79 Å². The van der Waals surface area contributed by atoms with Gasteiger partial charge in [-0.2, -0.15) is 0 Å². The second-order valence-electron chi connectivity index (χ2n) is 6.11. The van der Waals surface area contributed by atoms with E-state index in [2.05, 4.69) is 55.5 Å². The molecule has 0 aliphatic carbocycles. The quantitative estimate of drug-likeness (QED) is 0.263. The number of carboxylic acid groups (broad SMARTS) is 1. The van der Waals surface area contributed by atoms with Gasteiger partial charge in [0.05, 0.1) is 5.92 Å². The molecule has 24 heavy (non-hydrogen) atoms. The third-order valence-corrected chi connectivity index (χ3v) is 3.98. The Labute approximate surface area is 149 Å². The fraction of sp³-hybridized carbons (Fsp3) is 0.591. The topological polar surface area (TPSA) is 37.3 Å². The van der Waals surface area contributed by atoms with E-state index in [1.54, 1.807) is 0 Å². The maximum Gasteiger partial charge on any atom is 0.306 e. The minimum atomic E-state index is -0.673. The Morgan fingerprint density at radius 3 is 1.75 bits per heavy atom. The molecule has 0 aromatic heterocycles. The second kappa shape index (κ2) is 17.8. The molecule has 0 aliphatic rings. The summed E-state index contributed by atoms with van der Waals surface area (Å²) in [7, 11) is 0. The Morgan fingerprint density at radius 2 is 1.29 bits per heavy atom. The molecule has 0 heterocycles. The van der Waals surface area contributed by atoms with Gasteiger partial charge < -0.3 is 5.11 Å². The van der Waals surface area contributed by atoms with Crippen LogP contribution in [-0.2, 0) is 4.79 Å². The van der Waals surface area contributed by atoms with Crippen molar-refractivity contribution < 1.29 is 9.90 Å². The zero-order valence-electron chi connectivity index (χ0n) is 15.6. The van der Waals surface area contributed by atoms with E-state index in [-0.39, 0.29) is 5.92 Å². The fourth-order valence-electron chi connectivity index (χ4n) is 2.36. The highest BCUT2D eigenvalue weighted by Gasteiger charge is 2.12. The van der Waals surface area contributed by atoms with Gasteiger partial charge in [-0.3, -0.25) is 4.79 Å². The minimum absolute atomic E-state index is 0.198. The monoisotopic (exact) mass is 332 g/mol. The Morgan fingerprint density at radius 1 is 0.792 bits per heavy atom. The Bertz CT molecular complexity index is 402. The van der Waals surface area contributed by atoms with Gasteiger partial charge in [-0.1, -0.05) is 75.3 Å². The van der Waals surface area contributed by atoms with Crippen LogP contribution < -0.4 is 0 Å². The van der Waals surface area contributed by atoms with E-state index in [1.807, 2.05) is 6.92 Å². The van der Waals surface area contributed by atoms with Crippen molar-refractivity contribution in [2.45, 2.75) is 78.1 Å². The fourth-order valence-corrected chi connectivity index (χ4v) is 2.36. The first-order valence-corrected chi connectivity index (χ1v) is 9.55. The average Bonchev–Trinajstić information content (AvgIpc) is 2.57. The number of carbonyl (C=O) groups is 1. The summed E-state index contributed by atoms with van der Waals surface area (Å²) < 4.78 is 0. The third-order valence-electron chi connectivity index (χ3n) is 3.98. The van der Waals surface area contributed by atoms with Crippen LogP contribution in [0.5, 0.6) is 0 Å². The average molecular weight is 333 g/mol. The van der Waals surface area contributed by atoms with Gasteiger partial charge in [-0.15, -0.1) is 0 Å². The van der Waals surface area contributed by atoms with E-state index in [0.29, 0.717) is 6.42 Å². The lowest BCUT2D eigenvalue weighted by molar-refractivity contribution is -0.142. The van der Waals surface area contributed by atoms with Gasteiger partial charge in [-0.25, -0.2) is 0 Å². The molecule has 2 heteroatoms. The van der Waals surface area contributed by atoms with Gasteiger partial charge in [0, 0.05) is 0 Å². The molecule has 0 saturated heterocycles. The predicted molar refractivity (Wildman–Crippen MR) is 105 cm³/mol. The van der Waals surface area contributed by atoms with Crippen LogP contribution in [-0.4, -0.2) is 11.1 Å². The summed E-state index contributed by atoms with van der Waals surface area (Å²) in [5.74, 6) is -0.871. The molecule has 0 bridgehead atoms. The van der Waals surface area contributed by atoms with Crippen molar-refractivity contribution in [3.05, 3.63) is 48.6 Å². The van der Waals surface area contributed by atoms with Crippen LogP contribution in [0.15, 0.2) is 48.6 Å². The van der Waals surface area contributed by atoms with Gasteiger partial charge in [0.15, 0.2) is 0 Å². The maximum absolute atomic E-state index is 10.9. The van der Waals surface area contributed by atoms with Crippen LogP contribution in [0, 0.1) is 5.92 Å². The molecule has 2 nitrogen and oxygen atoms in total. The predicted octanol–water partition coefficient (Wildman–Crippen LogP) is 6.85. The van der Waals surface area contributed by atoms with Gasteiger partial charge in [0.2, 0.25) is 0 Å². The molecular weight excluding hydrogens is 296 g/mol. The number of unbranched alkanes of at least 4 members (excludes halogenated alkanes) is 3. The number of carboxylic acids is 1. The first-order valence-electron chi connectivity index (χ1n) is 9.55. The molecule has 1 atom stereocenters. The molecule has 0 aromatic rings. The van der Waals surface area contributed by atoms with Crippen LogP contribution in [0.3, 0.4) is 0 Å². The van der Waals surface area contributed by atoms with Crippen molar-refractivity contribution in [1.29, 1.82) is 0 Å². The van der Waals surface area contributed by atoms with Gasteiger partial charge in [0.25, 0.3) is 0 Å². The molecule has 0 amide bonds. The highest BCUT2D eigenvalue weighted by molar-refractivity contribution is 5.69. The van der Waals surface area contributed by atoms with Crippen LogP contribution in [0.2, 0.25) is 0 Å². The second-order valence-corrected chi connectivity index (χ2v) is 6.11. The minimum Gasteiger partial charge on any atom is -0.481 e. The SMILES string of the molecule is CCCCC/C=C\C/C=C\C/C=C\C/C=C\CCC(CC)C(=O)O. The van der Waals surface area contributed by atoms with E-state index >= 15 is 0 Å². The van der Waals surface area contributed by atoms with E-state index < -0.39 is 5.97 Å². The van der Waals surface area contributed by atoms with Crippen LogP contribution >= 0.6 is 0 Å². The lowest BCUT2D eigenvalue weighted by atomic mass is 10.0.